The summed E-state index contributed by atoms with van der Waals surface area (Å²) in [7, 11) is 0. The average Bonchev–Trinajstić information content (AvgIpc) is 3.06. The van der Waals surface area contributed by atoms with E-state index in [2.05, 4.69) is 58.7 Å². The van der Waals surface area contributed by atoms with Gasteiger partial charge in [0.2, 0.25) is 0 Å². The van der Waals surface area contributed by atoms with Gasteiger partial charge in [0.05, 0.1) is 19.3 Å². The zero-order valence-electron chi connectivity index (χ0n) is 13.2. The Morgan fingerprint density at radius 3 is 2.83 bits per heavy atom. The molecule has 0 spiro atoms. The van der Waals surface area contributed by atoms with E-state index in [-0.39, 0.29) is 12.4 Å². The van der Waals surface area contributed by atoms with Crippen LogP contribution in [0.4, 0.5) is 5.69 Å². The Bertz CT molecular complexity index is 647. The number of anilines is 1. The van der Waals surface area contributed by atoms with E-state index in [9.17, 15) is 0 Å². The predicted octanol–water partition coefficient (Wildman–Crippen LogP) is 3.65. The molecule has 3 nitrogen and oxygen atoms in total. The lowest BCUT2D eigenvalue weighted by Crippen LogP contribution is -2.39. The molecular weight excluding hydrogens is 308 g/mol. The van der Waals surface area contributed by atoms with E-state index in [4.69, 9.17) is 4.74 Å². The van der Waals surface area contributed by atoms with Crippen LogP contribution in [-0.2, 0) is 17.7 Å². The second-order valence-electron chi connectivity index (χ2n) is 6.10. The van der Waals surface area contributed by atoms with Gasteiger partial charge in [0.1, 0.15) is 0 Å². The second-order valence-corrected chi connectivity index (χ2v) is 6.10. The fourth-order valence-electron chi connectivity index (χ4n) is 3.57. The number of nitrogens with one attached hydrogen (secondary N) is 1. The highest BCUT2D eigenvalue weighted by atomic mass is 35.5. The molecule has 4 rings (SSSR count). The summed E-state index contributed by atoms with van der Waals surface area (Å²) >= 11 is 0. The lowest BCUT2D eigenvalue weighted by molar-refractivity contribution is -0.0126. The maximum atomic E-state index is 5.74. The molecule has 0 radical (unpaired) electrons. The summed E-state index contributed by atoms with van der Waals surface area (Å²) in [6.07, 6.45) is 1.15. The molecule has 0 amide bonds. The average molecular weight is 331 g/mol. The number of benzene rings is 2. The third kappa shape index (κ3) is 3.37. The lowest BCUT2D eigenvalue weighted by Gasteiger charge is -2.36. The molecular formula is C19H23ClN2O. The van der Waals surface area contributed by atoms with Gasteiger partial charge in [-0.05, 0) is 23.1 Å². The minimum Gasteiger partial charge on any atom is -0.384 e. The van der Waals surface area contributed by atoms with Gasteiger partial charge in [0, 0.05) is 25.3 Å². The van der Waals surface area contributed by atoms with E-state index in [1.165, 1.54) is 22.4 Å². The SMILES string of the molecule is Cl.c1ccc(C2COCCN2Cc2cccc3c2NCC3)cc1. The highest BCUT2D eigenvalue weighted by molar-refractivity contribution is 5.85. The van der Waals surface area contributed by atoms with Crippen molar-refractivity contribution in [2.45, 2.75) is 19.0 Å². The van der Waals surface area contributed by atoms with Crippen molar-refractivity contribution in [1.29, 1.82) is 0 Å². The van der Waals surface area contributed by atoms with Crippen LogP contribution in [0.5, 0.6) is 0 Å². The molecule has 0 bridgehead atoms. The molecule has 23 heavy (non-hydrogen) atoms. The topological polar surface area (TPSA) is 24.5 Å². The van der Waals surface area contributed by atoms with Crippen LogP contribution in [0.25, 0.3) is 0 Å². The van der Waals surface area contributed by atoms with Crippen LogP contribution in [0.2, 0.25) is 0 Å². The first kappa shape index (κ1) is 16.3. The highest BCUT2D eigenvalue weighted by Crippen LogP contribution is 2.31. The normalized spacial score (nSPS) is 20.4. The molecule has 1 unspecified atom stereocenters. The van der Waals surface area contributed by atoms with Crippen molar-refractivity contribution in [2.24, 2.45) is 0 Å². The molecule has 1 fully saturated rings. The smallest absolute Gasteiger partial charge is 0.0664 e. The van der Waals surface area contributed by atoms with E-state index >= 15 is 0 Å². The summed E-state index contributed by atoms with van der Waals surface area (Å²) in [5, 5.41) is 3.55. The number of hydrogen-bond acceptors (Lipinski definition) is 3. The summed E-state index contributed by atoms with van der Waals surface area (Å²) in [4.78, 5) is 2.55. The summed E-state index contributed by atoms with van der Waals surface area (Å²) < 4.78 is 5.74. The third-order valence-electron chi connectivity index (χ3n) is 4.73. The van der Waals surface area contributed by atoms with Crippen LogP contribution in [-0.4, -0.2) is 31.2 Å². The molecule has 1 atom stereocenters. The Kier molecular flexibility index (Phi) is 5.21. The molecule has 2 aliphatic heterocycles. The summed E-state index contributed by atoms with van der Waals surface area (Å²) in [6.45, 7) is 4.65. The maximum Gasteiger partial charge on any atom is 0.0664 e. The number of hydrogen-bond donors (Lipinski definition) is 1. The van der Waals surface area contributed by atoms with Crippen molar-refractivity contribution in [3.63, 3.8) is 0 Å². The molecule has 4 heteroatoms. The van der Waals surface area contributed by atoms with E-state index in [1.807, 2.05) is 0 Å². The summed E-state index contributed by atoms with van der Waals surface area (Å²) in [6, 6.07) is 17.8. The number of nitrogens with zero attached hydrogens (tertiary/aromatic N) is 1. The van der Waals surface area contributed by atoms with Gasteiger partial charge in [-0.25, -0.2) is 0 Å². The molecule has 2 heterocycles. The van der Waals surface area contributed by atoms with Crippen molar-refractivity contribution in [3.8, 4) is 0 Å². The summed E-state index contributed by atoms with van der Waals surface area (Å²) in [5.41, 5.74) is 5.59. The molecule has 2 aliphatic rings. The number of para-hydroxylation sites is 1. The van der Waals surface area contributed by atoms with E-state index in [0.717, 1.165) is 39.3 Å². The van der Waals surface area contributed by atoms with Crippen LogP contribution >= 0.6 is 12.4 Å². The van der Waals surface area contributed by atoms with Gasteiger partial charge < -0.3 is 10.1 Å². The van der Waals surface area contributed by atoms with Gasteiger partial charge in [-0.2, -0.15) is 0 Å². The van der Waals surface area contributed by atoms with E-state index < -0.39 is 0 Å². The largest absolute Gasteiger partial charge is 0.384 e. The van der Waals surface area contributed by atoms with Crippen molar-refractivity contribution < 1.29 is 4.74 Å². The minimum absolute atomic E-state index is 0. The first-order chi connectivity index (χ1) is 10.9. The predicted molar refractivity (Wildman–Crippen MR) is 96.3 cm³/mol. The zero-order chi connectivity index (χ0) is 14.8. The number of morpholine rings is 1. The number of rotatable bonds is 3. The van der Waals surface area contributed by atoms with E-state index in [0.29, 0.717) is 6.04 Å². The zero-order valence-corrected chi connectivity index (χ0v) is 14.0. The Morgan fingerprint density at radius 2 is 1.96 bits per heavy atom. The van der Waals surface area contributed by atoms with Crippen LogP contribution in [0.1, 0.15) is 22.7 Å². The Labute approximate surface area is 144 Å². The van der Waals surface area contributed by atoms with Crippen molar-refractivity contribution in [1.82, 2.24) is 4.90 Å². The van der Waals surface area contributed by atoms with Gasteiger partial charge in [-0.3, -0.25) is 4.90 Å². The Balaban J connectivity index is 0.00000156. The van der Waals surface area contributed by atoms with Crippen LogP contribution < -0.4 is 5.32 Å². The fourth-order valence-corrected chi connectivity index (χ4v) is 3.57. The van der Waals surface area contributed by atoms with Crippen LogP contribution in [0.3, 0.4) is 0 Å². The van der Waals surface area contributed by atoms with Crippen molar-refractivity contribution in [3.05, 3.63) is 65.2 Å². The monoisotopic (exact) mass is 330 g/mol. The molecule has 1 N–H and O–H groups in total. The third-order valence-corrected chi connectivity index (χ3v) is 4.73. The molecule has 122 valence electrons. The van der Waals surface area contributed by atoms with Gasteiger partial charge in [0.25, 0.3) is 0 Å². The van der Waals surface area contributed by atoms with Gasteiger partial charge in [-0.1, -0.05) is 48.5 Å². The van der Waals surface area contributed by atoms with Gasteiger partial charge in [0.15, 0.2) is 0 Å². The molecule has 0 saturated carbocycles. The van der Waals surface area contributed by atoms with Crippen LogP contribution in [0.15, 0.2) is 48.5 Å². The fraction of sp³-hybridized carbons (Fsp3) is 0.368. The standard InChI is InChI=1S/C19H22N2O.ClH/c1-2-5-15(6-3-1)18-14-22-12-11-21(18)13-17-8-4-7-16-9-10-20-19(16)17;/h1-8,18,20H,9-14H2;1H. The maximum absolute atomic E-state index is 5.74. The summed E-state index contributed by atoms with van der Waals surface area (Å²) in [5.74, 6) is 0. The first-order valence-corrected chi connectivity index (χ1v) is 8.13. The van der Waals surface area contributed by atoms with Gasteiger partial charge in [-0.15, -0.1) is 12.4 Å². The first-order valence-electron chi connectivity index (χ1n) is 8.13. The van der Waals surface area contributed by atoms with E-state index in [1.54, 1.807) is 0 Å². The van der Waals surface area contributed by atoms with Crippen molar-refractivity contribution >= 4 is 18.1 Å². The number of halogens is 1. The lowest BCUT2D eigenvalue weighted by atomic mass is 10.0. The van der Waals surface area contributed by atoms with Crippen LogP contribution in [0, 0.1) is 0 Å². The highest BCUT2D eigenvalue weighted by Gasteiger charge is 2.26. The number of fused-ring (bicyclic) bond motifs is 1. The van der Waals surface area contributed by atoms with Crippen molar-refractivity contribution in [2.75, 3.05) is 31.6 Å². The Morgan fingerprint density at radius 1 is 1.09 bits per heavy atom. The van der Waals surface area contributed by atoms with Gasteiger partial charge >= 0.3 is 0 Å². The number of ether oxygens (including phenoxy) is 1. The molecule has 1 saturated heterocycles. The molecule has 0 aliphatic carbocycles. The quantitative estimate of drug-likeness (QED) is 0.929. The molecule has 2 aromatic carbocycles. The minimum atomic E-state index is 0. The molecule has 2 aromatic rings. The second kappa shape index (κ2) is 7.35. The Hall–Kier alpha value is -1.55. The molecule has 0 aromatic heterocycles.